The third-order valence-corrected chi connectivity index (χ3v) is 4.18. The van der Waals surface area contributed by atoms with Crippen LogP contribution in [0.5, 0.6) is 0 Å². The standard InChI is InChI=1S/C19H21NO3/c21-19(22)16-8-6-14(7-9-16)12-20-13-17-10-11-18(23-17)15-4-2-1-3-5-15/h1-9,17-18,20H,10-13H2,(H,21,22)/t17-,18+/m1/s1. The molecule has 4 heteroatoms. The summed E-state index contributed by atoms with van der Waals surface area (Å²) in [6, 6.07) is 17.3. The van der Waals surface area contributed by atoms with Crippen molar-refractivity contribution in [3.8, 4) is 0 Å². The van der Waals surface area contributed by atoms with Crippen molar-refractivity contribution < 1.29 is 14.6 Å². The quantitative estimate of drug-likeness (QED) is 0.858. The van der Waals surface area contributed by atoms with Crippen LogP contribution in [0.4, 0.5) is 0 Å². The predicted molar refractivity (Wildman–Crippen MR) is 88.4 cm³/mol. The first-order chi connectivity index (χ1) is 11.2. The van der Waals surface area contributed by atoms with E-state index in [1.54, 1.807) is 12.1 Å². The summed E-state index contributed by atoms with van der Waals surface area (Å²) in [6.07, 6.45) is 2.56. The van der Waals surface area contributed by atoms with Gasteiger partial charge in [0.1, 0.15) is 0 Å². The average molecular weight is 311 g/mol. The number of carboxylic acids is 1. The molecule has 2 aromatic carbocycles. The second kappa shape index (κ2) is 7.40. The van der Waals surface area contributed by atoms with Gasteiger partial charge in [-0.1, -0.05) is 42.5 Å². The monoisotopic (exact) mass is 311 g/mol. The zero-order chi connectivity index (χ0) is 16.1. The topological polar surface area (TPSA) is 58.6 Å². The molecule has 4 nitrogen and oxygen atoms in total. The minimum atomic E-state index is -0.893. The number of hydrogen-bond donors (Lipinski definition) is 2. The SMILES string of the molecule is O=C(O)c1ccc(CNC[C@H]2CC[C@@H](c3ccccc3)O2)cc1. The van der Waals surface area contributed by atoms with E-state index in [2.05, 4.69) is 17.4 Å². The molecule has 0 unspecified atom stereocenters. The van der Waals surface area contributed by atoms with Crippen molar-refractivity contribution in [2.24, 2.45) is 0 Å². The lowest BCUT2D eigenvalue weighted by atomic mass is 10.1. The van der Waals surface area contributed by atoms with E-state index >= 15 is 0 Å². The van der Waals surface area contributed by atoms with Crippen molar-refractivity contribution in [1.29, 1.82) is 0 Å². The van der Waals surface area contributed by atoms with Gasteiger partial charge in [-0.3, -0.25) is 0 Å². The molecule has 1 aliphatic rings. The van der Waals surface area contributed by atoms with Crippen molar-refractivity contribution in [2.45, 2.75) is 31.6 Å². The van der Waals surface area contributed by atoms with Crippen LogP contribution in [0.1, 0.15) is 40.4 Å². The Morgan fingerprint density at radius 3 is 2.52 bits per heavy atom. The Morgan fingerprint density at radius 1 is 1.09 bits per heavy atom. The number of nitrogens with one attached hydrogen (secondary N) is 1. The summed E-state index contributed by atoms with van der Waals surface area (Å²) in [5.74, 6) is -0.893. The predicted octanol–water partition coefficient (Wildman–Crippen LogP) is 3.39. The summed E-state index contributed by atoms with van der Waals surface area (Å²) < 4.78 is 6.10. The molecule has 1 aliphatic heterocycles. The summed E-state index contributed by atoms with van der Waals surface area (Å²) in [5.41, 5.74) is 2.64. The molecule has 2 aromatic rings. The minimum absolute atomic E-state index is 0.206. The number of hydrogen-bond acceptors (Lipinski definition) is 3. The van der Waals surface area contributed by atoms with E-state index in [0.717, 1.165) is 31.5 Å². The zero-order valence-corrected chi connectivity index (χ0v) is 12.9. The van der Waals surface area contributed by atoms with Gasteiger partial charge in [-0.2, -0.15) is 0 Å². The smallest absolute Gasteiger partial charge is 0.335 e. The lowest BCUT2D eigenvalue weighted by Gasteiger charge is -2.15. The molecule has 1 fully saturated rings. The maximum atomic E-state index is 10.8. The normalized spacial score (nSPS) is 20.5. The van der Waals surface area contributed by atoms with Crippen molar-refractivity contribution in [3.63, 3.8) is 0 Å². The molecule has 120 valence electrons. The Labute approximate surface area is 136 Å². The van der Waals surface area contributed by atoms with Gasteiger partial charge in [0, 0.05) is 13.1 Å². The van der Waals surface area contributed by atoms with Gasteiger partial charge in [-0.15, -0.1) is 0 Å². The Hall–Kier alpha value is -2.17. The third-order valence-electron chi connectivity index (χ3n) is 4.18. The average Bonchev–Trinajstić information content (AvgIpc) is 3.05. The first-order valence-electron chi connectivity index (χ1n) is 7.96. The lowest BCUT2D eigenvalue weighted by Crippen LogP contribution is -2.26. The number of aromatic carboxylic acids is 1. The van der Waals surface area contributed by atoms with Gasteiger partial charge in [-0.25, -0.2) is 4.79 Å². The molecule has 0 saturated carbocycles. The molecule has 0 radical (unpaired) electrons. The van der Waals surface area contributed by atoms with Gasteiger partial charge in [0.05, 0.1) is 17.8 Å². The highest BCUT2D eigenvalue weighted by atomic mass is 16.5. The molecule has 0 spiro atoms. The lowest BCUT2D eigenvalue weighted by molar-refractivity contribution is 0.0448. The number of carboxylic acid groups (broad SMARTS) is 1. The summed E-state index contributed by atoms with van der Waals surface area (Å²) in [6.45, 7) is 1.53. The first-order valence-corrected chi connectivity index (χ1v) is 7.96. The van der Waals surface area contributed by atoms with Crippen molar-refractivity contribution in [3.05, 3.63) is 71.3 Å². The maximum Gasteiger partial charge on any atom is 0.335 e. The molecular formula is C19H21NO3. The van der Waals surface area contributed by atoms with Crippen molar-refractivity contribution in [2.75, 3.05) is 6.54 Å². The van der Waals surface area contributed by atoms with Gasteiger partial charge in [-0.05, 0) is 36.1 Å². The Balaban J connectivity index is 1.44. The fourth-order valence-electron chi connectivity index (χ4n) is 2.91. The molecule has 0 bridgehead atoms. The molecule has 2 atom stereocenters. The molecule has 23 heavy (non-hydrogen) atoms. The van der Waals surface area contributed by atoms with E-state index in [9.17, 15) is 4.79 Å². The summed E-state index contributed by atoms with van der Waals surface area (Å²) in [4.78, 5) is 10.8. The number of rotatable bonds is 6. The van der Waals surface area contributed by atoms with Gasteiger partial charge in [0.2, 0.25) is 0 Å². The van der Waals surface area contributed by atoms with Crippen molar-refractivity contribution in [1.82, 2.24) is 5.32 Å². The third kappa shape index (κ3) is 4.18. The highest BCUT2D eigenvalue weighted by Gasteiger charge is 2.25. The van der Waals surface area contributed by atoms with Crippen LogP contribution in [-0.4, -0.2) is 23.7 Å². The number of ether oxygens (including phenoxy) is 1. The molecular weight excluding hydrogens is 290 g/mol. The van der Waals surface area contributed by atoms with E-state index in [-0.39, 0.29) is 12.2 Å². The van der Waals surface area contributed by atoms with Crippen LogP contribution in [0.15, 0.2) is 54.6 Å². The van der Waals surface area contributed by atoms with Gasteiger partial charge in [0.25, 0.3) is 0 Å². The van der Waals surface area contributed by atoms with E-state index in [1.807, 2.05) is 30.3 Å². The number of carbonyl (C=O) groups is 1. The molecule has 0 amide bonds. The largest absolute Gasteiger partial charge is 0.478 e. The van der Waals surface area contributed by atoms with Gasteiger partial charge >= 0.3 is 5.97 Å². The van der Waals surface area contributed by atoms with Crippen LogP contribution < -0.4 is 5.32 Å². The molecule has 3 rings (SSSR count). The fraction of sp³-hybridized carbons (Fsp3) is 0.316. The maximum absolute atomic E-state index is 10.8. The minimum Gasteiger partial charge on any atom is -0.478 e. The number of benzene rings is 2. The van der Waals surface area contributed by atoms with Gasteiger partial charge < -0.3 is 15.2 Å². The second-order valence-electron chi connectivity index (χ2n) is 5.87. The van der Waals surface area contributed by atoms with Crippen LogP contribution >= 0.6 is 0 Å². The molecule has 2 N–H and O–H groups in total. The Bertz CT molecular complexity index is 639. The molecule has 0 aromatic heterocycles. The molecule has 0 aliphatic carbocycles. The highest BCUT2D eigenvalue weighted by molar-refractivity contribution is 5.87. The summed E-state index contributed by atoms with van der Waals surface area (Å²) in [5, 5.41) is 12.3. The molecule has 1 saturated heterocycles. The Morgan fingerprint density at radius 2 is 1.83 bits per heavy atom. The van der Waals surface area contributed by atoms with E-state index in [1.165, 1.54) is 5.56 Å². The van der Waals surface area contributed by atoms with Crippen LogP contribution in [0.2, 0.25) is 0 Å². The summed E-state index contributed by atoms with van der Waals surface area (Å²) in [7, 11) is 0. The second-order valence-corrected chi connectivity index (χ2v) is 5.87. The van der Waals surface area contributed by atoms with Crippen LogP contribution in [0.25, 0.3) is 0 Å². The summed E-state index contributed by atoms with van der Waals surface area (Å²) >= 11 is 0. The zero-order valence-electron chi connectivity index (χ0n) is 12.9. The Kier molecular flexibility index (Phi) is 5.05. The first kappa shape index (κ1) is 15.7. The van der Waals surface area contributed by atoms with E-state index in [4.69, 9.17) is 9.84 Å². The van der Waals surface area contributed by atoms with E-state index < -0.39 is 5.97 Å². The van der Waals surface area contributed by atoms with Crippen molar-refractivity contribution >= 4 is 5.97 Å². The highest BCUT2D eigenvalue weighted by Crippen LogP contribution is 2.32. The molecule has 1 heterocycles. The van der Waals surface area contributed by atoms with Crippen LogP contribution in [0, 0.1) is 0 Å². The van der Waals surface area contributed by atoms with Gasteiger partial charge in [0.15, 0.2) is 0 Å². The van der Waals surface area contributed by atoms with Crippen LogP contribution in [-0.2, 0) is 11.3 Å². The fourth-order valence-corrected chi connectivity index (χ4v) is 2.91. The van der Waals surface area contributed by atoms with Crippen LogP contribution in [0.3, 0.4) is 0 Å². The van der Waals surface area contributed by atoms with E-state index in [0.29, 0.717) is 5.56 Å².